The number of benzene rings is 1. The Morgan fingerprint density at radius 2 is 2.11 bits per heavy atom. The number of fused-ring (bicyclic) bond motifs is 1. The van der Waals surface area contributed by atoms with Gasteiger partial charge in [-0.05, 0) is 6.07 Å². The fourth-order valence-electron chi connectivity index (χ4n) is 2.32. The molecule has 1 N–H and O–H groups in total. The Kier molecular flexibility index (Phi) is 2.45. The second-order valence-corrected chi connectivity index (χ2v) is 4.90. The van der Waals surface area contributed by atoms with Crippen molar-refractivity contribution in [2.75, 3.05) is 6.54 Å². The normalized spacial score (nSPS) is 28.9. The molecule has 96 valence electrons. The molecule has 5 nitrogen and oxygen atoms in total. The summed E-state index contributed by atoms with van der Waals surface area (Å²) >= 11 is 0. The Hall–Kier alpha value is -1.75. The van der Waals surface area contributed by atoms with Gasteiger partial charge in [0.15, 0.2) is 6.10 Å². The van der Waals surface area contributed by atoms with Gasteiger partial charge in [0, 0.05) is 19.4 Å². The van der Waals surface area contributed by atoms with Crippen molar-refractivity contribution in [2.45, 2.75) is 31.8 Å². The van der Waals surface area contributed by atoms with Gasteiger partial charge in [-0.15, -0.1) is 0 Å². The molecule has 3 rings (SSSR count). The minimum atomic E-state index is -0.728. The van der Waals surface area contributed by atoms with E-state index in [0.717, 1.165) is 11.3 Å². The molecule has 0 saturated carbocycles. The standard InChI is InChI=1S/C13H15NO4/c1-13(2)17-9-6-4-3-5-8(9)11(18-13)10-7-14-12(15)16-10/h3-6,10-11H,7H2,1-2H3,(H,14,15)/t10-,11?/m1/s1. The zero-order valence-corrected chi connectivity index (χ0v) is 10.3. The van der Waals surface area contributed by atoms with Gasteiger partial charge in [0.25, 0.3) is 0 Å². The van der Waals surface area contributed by atoms with E-state index in [1.54, 1.807) is 0 Å². The van der Waals surface area contributed by atoms with Crippen LogP contribution in [-0.4, -0.2) is 24.5 Å². The van der Waals surface area contributed by atoms with E-state index < -0.39 is 11.9 Å². The average molecular weight is 249 g/mol. The number of rotatable bonds is 1. The number of hydrogen-bond donors (Lipinski definition) is 1. The predicted octanol–water partition coefficient (Wildman–Crippen LogP) is 1.98. The van der Waals surface area contributed by atoms with Crippen molar-refractivity contribution in [3.05, 3.63) is 29.8 Å². The molecule has 2 aliphatic rings. The van der Waals surface area contributed by atoms with E-state index in [0.29, 0.717) is 6.54 Å². The number of alkyl carbamates (subject to hydrolysis) is 1. The van der Waals surface area contributed by atoms with Crippen LogP contribution in [0.15, 0.2) is 24.3 Å². The van der Waals surface area contributed by atoms with Crippen molar-refractivity contribution in [3.8, 4) is 5.75 Å². The van der Waals surface area contributed by atoms with Gasteiger partial charge in [-0.3, -0.25) is 0 Å². The summed E-state index contributed by atoms with van der Waals surface area (Å²) in [6, 6.07) is 7.66. The third-order valence-electron chi connectivity index (χ3n) is 3.04. The number of ether oxygens (including phenoxy) is 3. The summed E-state index contributed by atoms with van der Waals surface area (Å²) in [6.45, 7) is 4.15. The molecule has 1 fully saturated rings. The lowest BCUT2D eigenvalue weighted by molar-refractivity contribution is -0.224. The van der Waals surface area contributed by atoms with Gasteiger partial charge >= 0.3 is 6.09 Å². The van der Waals surface area contributed by atoms with E-state index in [4.69, 9.17) is 14.2 Å². The average Bonchev–Trinajstić information content (AvgIpc) is 2.73. The quantitative estimate of drug-likeness (QED) is 0.826. The van der Waals surface area contributed by atoms with Crippen molar-refractivity contribution in [1.82, 2.24) is 5.32 Å². The van der Waals surface area contributed by atoms with Gasteiger partial charge in [0.1, 0.15) is 11.9 Å². The van der Waals surface area contributed by atoms with Crippen LogP contribution in [0.5, 0.6) is 5.75 Å². The lowest BCUT2D eigenvalue weighted by atomic mass is 10.0. The molecular formula is C13H15NO4. The van der Waals surface area contributed by atoms with Crippen LogP contribution < -0.4 is 10.1 Å². The predicted molar refractivity (Wildman–Crippen MR) is 63.2 cm³/mol. The Bertz CT molecular complexity index is 486. The molecule has 0 spiro atoms. The van der Waals surface area contributed by atoms with Gasteiger partial charge in [-0.25, -0.2) is 4.79 Å². The monoisotopic (exact) mass is 249 g/mol. The number of hydrogen-bond acceptors (Lipinski definition) is 4. The van der Waals surface area contributed by atoms with Gasteiger partial charge in [-0.1, -0.05) is 18.2 Å². The van der Waals surface area contributed by atoms with Crippen molar-refractivity contribution < 1.29 is 19.0 Å². The first kappa shape index (κ1) is 11.3. The molecule has 0 aromatic heterocycles. The molecule has 1 unspecified atom stereocenters. The van der Waals surface area contributed by atoms with E-state index in [1.807, 2.05) is 38.1 Å². The van der Waals surface area contributed by atoms with Crippen LogP contribution >= 0.6 is 0 Å². The van der Waals surface area contributed by atoms with Crippen LogP contribution in [-0.2, 0) is 9.47 Å². The van der Waals surface area contributed by atoms with E-state index in [1.165, 1.54) is 0 Å². The SMILES string of the molecule is CC1(C)Oc2ccccc2C([C@H]2CNC(=O)O2)O1. The van der Waals surface area contributed by atoms with Gasteiger partial charge in [0.2, 0.25) is 5.79 Å². The Morgan fingerprint density at radius 3 is 2.83 bits per heavy atom. The van der Waals surface area contributed by atoms with Crippen molar-refractivity contribution in [1.29, 1.82) is 0 Å². The molecule has 1 aromatic carbocycles. The van der Waals surface area contributed by atoms with Crippen molar-refractivity contribution in [3.63, 3.8) is 0 Å². The second kappa shape index (κ2) is 3.88. The molecule has 2 aliphatic heterocycles. The van der Waals surface area contributed by atoms with Crippen LogP contribution in [0.4, 0.5) is 4.79 Å². The van der Waals surface area contributed by atoms with E-state index in [9.17, 15) is 4.79 Å². The molecular weight excluding hydrogens is 234 g/mol. The lowest BCUT2D eigenvalue weighted by Crippen LogP contribution is -2.42. The number of nitrogens with one attached hydrogen (secondary N) is 1. The highest BCUT2D eigenvalue weighted by Crippen LogP contribution is 2.41. The smallest absolute Gasteiger partial charge is 0.407 e. The number of carbonyl (C=O) groups excluding carboxylic acids is 1. The molecule has 0 radical (unpaired) electrons. The molecule has 2 heterocycles. The fraction of sp³-hybridized carbons (Fsp3) is 0.462. The molecule has 1 amide bonds. The third kappa shape index (κ3) is 1.90. The Morgan fingerprint density at radius 1 is 1.33 bits per heavy atom. The lowest BCUT2D eigenvalue weighted by Gasteiger charge is -2.39. The number of para-hydroxylation sites is 1. The number of amides is 1. The number of cyclic esters (lactones) is 1. The first-order valence-corrected chi connectivity index (χ1v) is 5.95. The summed E-state index contributed by atoms with van der Waals surface area (Å²) in [5.41, 5.74) is 0.915. The maximum absolute atomic E-state index is 11.1. The highest BCUT2D eigenvalue weighted by molar-refractivity contribution is 5.69. The van der Waals surface area contributed by atoms with Crippen LogP contribution in [0.2, 0.25) is 0 Å². The highest BCUT2D eigenvalue weighted by atomic mass is 16.7. The van der Waals surface area contributed by atoms with Crippen molar-refractivity contribution >= 4 is 6.09 Å². The fourth-order valence-corrected chi connectivity index (χ4v) is 2.32. The Balaban J connectivity index is 1.96. The zero-order chi connectivity index (χ0) is 12.8. The third-order valence-corrected chi connectivity index (χ3v) is 3.04. The molecule has 1 saturated heterocycles. The zero-order valence-electron chi connectivity index (χ0n) is 10.3. The second-order valence-electron chi connectivity index (χ2n) is 4.90. The summed E-state index contributed by atoms with van der Waals surface area (Å²) in [5.74, 6) is 0.0512. The van der Waals surface area contributed by atoms with Gasteiger partial charge in [-0.2, -0.15) is 0 Å². The summed E-state index contributed by atoms with van der Waals surface area (Å²) in [5, 5.41) is 2.64. The van der Waals surface area contributed by atoms with E-state index in [2.05, 4.69) is 5.32 Å². The van der Waals surface area contributed by atoms with Crippen molar-refractivity contribution in [2.24, 2.45) is 0 Å². The molecule has 1 aromatic rings. The van der Waals surface area contributed by atoms with Crippen LogP contribution in [0.25, 0.3) is 0 Å². The number of carbonyl (C=O) groups is 1. The molecule has 0 bridgehead atoms. The molecule has 2 atom stereocenters. The van der Waals surface area contributed by atoms with Crippen LogP contribution in [0, 0.1) is 0 Å². The summed E-state index contributed by atoms with van der Waals surface area (Å²) in [6.07, 6.45) is -1.02. The maximum atomic E-state index is 11.1. The first-order chi connectivity index (χ1) is 8.55. The molecule has 18 heavy (non-hydrogen) atoms. The summed E-state index contributed by atoms with van der Waals surface area (Å²) in [7, 11) is 0. The first-order valence-electron chi connectivity index (χ1n) is 5.95. The van der Waals surface area contributed by atoms with E-state index >= 15 is 0 Å². The molecule has 5 heteroatoms. The van der Waals surface area contributed by atoms with Gasteiger partial charge < -0.3 is 19.5 Å². The largest absolute Gasteiger partial charge is 0.463 e. The molecule has 0 aliphatic carbocycles. The van der Waals surface area contributed by atoms with Crippen LogP contribution in [0.1, 0.15) is 25.5 Å². The minimum absolute atomic E-state index is 0.302. The summed E-state index contributed by atoms with van der Waals surface area (Å²) in [4.78, 5) is 11.1. The minimum Gasteiger partial charge on any atom is -0.463 e. The van der Waals surface area contributed by atoms with E-state index in [-0.39, 0.29) is 12.2 Å². The maximum Gasteiger partial charge on any atom is 0.407 e. The van der Waals surface area contributed by atoms with Crippen LogP contribution in [0.3, 0.4) is 0 Å². The Labute approximate surface area is 105 Å². The summed E-state index contributed by atoms with van der Waals surface area (Å²) < 4.78 is 16.9. The topological polar surface area (TPSA) is 56.8 Å². The highest BCUT2D eigenvalue weighted by Gasteiger charge is 2.42. The van der Waals surface area contributed by atoms with Gasteiger partial charge in [0.05, 0.1) is 6.54 Å².